The third kappa shape index (κ3) is 2.43. The summed E-state index contributed by atoms with van der Waals surface area (Å²) >= 11 is 0. The lowest BCUT2D eigenvalue weighted by molar-refractivity contribution is -0.384. The Morgan fingerprint density at radius 3 is 2.53 bits per heavy atom. The van der Waals surface area contributed by atoms with Gasteiger partial charge in [-0.15, -0.1) is 0 Å². The van der Waals surface area contributed by atoms with Crippen molar-refractivity contribution in [2.75, 3.05) is 5.32 Å². The standard InChI is InChI=1S/C10H13FN2O2/c1-6(2)12-10-8(13(14)15)5-4-7(3)9(10)11/h4-6,12H,1-3H3. The second kappa shape index (κ2) is 4.25. The number of hydrogen-bond donors (Lipinski definition) is 1. The lowest BCUT2D eigenvalue weighted by Gasteiger charge is -2.12. The van der Waals surface area contributed by atoms with Crippen LogP contribution in [0.15, 0.2) is 12.1 Å². The Balaban J connectivity index is 3.28. The number of nitrogens with zero attached hydrogens (tertiary/aromatic N) is 1. The number of aryl methyl sites for hydroxylation is 1. The number of hydrogen-bond acceptors (Lipinski definition) is 3. The zero-order valence-corrected chi connectivity index (χ0v) is 8.87. The minimum Gasteiger partial charge on any atom is -0.375 e. The van der Waals surface area contributed by atoms with Crippen LogP contribution in [0.25, 0.3) is 0 Å². The molecule has 1 aromatic carbocycles. The van der Waals surface area contributed by atoms with Crippen LogP contribution >= 0.6 is 0 Å². The van der Waals surface area contributed by atoms with Crippen molar-refractivity contribution in [2.45, 2.75) is 26.8 Å². The zero-order valence-electron chi connectivity index (χ0n) is 8.87. The van der Waals surface area contributed by atoms with Gasteiger partial charge in [0.25, 0.3) is 5.69 Å². The Labute approximate surface area is 87.3 Å². The van der Waals surface area contributed by atoms with Gasteiger partial charge in [0, 0.05) is 12.1 Å². The number of rotatable bonds is 3. The summed E-state index contributed by atoms with van der Waals surface area (Å²) in [7, 11) is 0. The van der Waals surface area contributed by atoms with Crippen molar-refractivity contribution in [1.82, 2.24) is 0 Å². The lowest BCUT2D eigenvalue weighted by atomic mass is 10.1. The van der Waals surface area contributed by atoms with Crippen molar-refractivity contribution >= 4 is 11.4 Å². The lowest BCUT2D eigenvalue weighted by Crippen LogP contribution is -2.13. The second-order valence-electron chi connectivity index (χ2n) is 3.65. The fourth-order valence-corrected chi connectivity index (χ4v) is 1.25. The van der Waals surface area contributed by atoms with E-state index in [0.29, 0.717) is 5.56 Å². The minimum absolute atomic E-state index is 0.0324. The highest BCUT2D eigenvalue weighted by molar-refractivity contribution is 5.64. The van der Waals surface area contributed by atoms with Gasteiger partial charge in [-0.1, -0.05) is 0 Å². The fraction of sp³-hybridized carbons (Fsp3) is 0.400. The molecule has 0 spiro atoms. The minimum atomic E-state index is -0.590. The van der Waals surface area contributed by atoms with Crippen LogP contribution < -0.4 is 5.32 Å². The molecule has 82 valence electrons. The summed E-state index contributed by atoms with van der Waals surface area (Å²) in [5, 5.41) is 13.4. The Bertz CT molecular complexity index is 391. The molecule has 0 fully saturated rings. The van der Waals surface area contributed by atoms with E-state index in [-0.39, 0.29) is 17.4 Å². The first-order valence-electron chi connectivity index (χ1n) is 4.63. The van der Waals surface area contributed by atoms with Crippen molar-refractivity contribution in [3.05, 3.63) is 33.6 Å². The van der Waals surface area contributed by atoms with E-state index in [9.17, 15) is 14.5 Å². The molecule has 0 saturated carbocycles. The highest BCUT2D eigenvalue weighted by Crippen LogP contribution is 2.29. The molecule has 0 saturated heterocycles. The average molecular weight is 212 g/mol. The topological polar surface area (TPSA) is 55.2 Å². The van der Waals surface area contributed by atoms with Gasteiger partial charge in [-0.05, 0) is 32.4 Å². The molecule has 5 heteroatoms. The second-order valence-corrected chi connectivity index (χ2v) is 3.65. The first kappa shape index (κ1) is 11.4. The Morgan fingerprint density at radius 2 is 2.07 bits per heavy atom. The van der Waals surface area contributed by atoms with Crippen LogP contribution in [-0.2, 0) is 0 Å². The van der Waals surface area contributed by atoms with E-state index < -0.39 is 10.7 Å². The molecule has 0 aromatic heterocycles. The normalized spacial score (nSPS) is 10.5. The van der Waals surface area contributed by atoms with Crippen molar-refractivity contribution in [1.29, 1.82) is 0 Å². The molecule has 0 bridgehead atoms. The van der Waals surface area contributed by atoms with Crippen molar-refractivity contribution in [2.24, 2.45) is 0 Å². The molecule has 1 N–H and O–H groups in total. The molecule has 0 amide bonds. The van der Waals surface area contributed by atoms with Crippen molar-refractivity contribution < 1.29 is 9.31 Å². The van der Waals surface area contributed by atoms with Gasteiger partial charge in [-0.2, -0.15) is 0 Å². The number of benzene rings is 1. The molecule has 0 atom stereocenters. The summed E-state index contributed by atoms with van der Waals surface area (Å²) < 4.78 is 13.6. The molecule has 0 radical (unpaired) electrons. The van der Waals surface area contributed by atoms with Gasteiger partial charge in [0.15, 0.2) is 5.82 Å². The molecular formula is C10H13FN2O2. The third-order valence-corrected chi connectivity index (χ3v) is 1.94. The fourth-order valence-electron chi connectivity index (χ4n) is 1.25. The van der Waals surface area contributed by atoms with E-state index in [1.807, 2.05) is 0 Å². The smallest absolute Gasteiger partial charge is 0.295 e. The molecule has 0 aliphatic carbocycles. The average Bonchev–Trinajstić information content (AvgIpc) is 2.12. The molecule has 4 nitrogen and oxygen atoms in total. The van der Waals surface area contributed by atoms with Gasteiger partial charge in [0.2, 0.25) is 0 Å². The van der Waals surface area contributed by atoms with Gasteiger partial charge in [0.1, 0.15) is 5.69 Å². The van der Waals surface area contributed by atoms with E-state index in [0.717, 1.165) is 0 Å². The number of nitro groups is 1. The summed E-state index contributed by atoms with van der Waals surface area (Å²) in [5.41, 5.74) is 0.130. The summed E-state index contributed by atoms with van der Waals surface area (Å²) in [6, 6.07) is 2.65. The van der Waals surface area contributed by atoms with E-state index >= 15 is 0 Å². The molecule has 0 unspecified atom stereocenters. The maximum atomic E-state index is 13.6. The zero-order chi connectivity index (χ0) is 11.6. The molecule has 0 aliphatic rings. The first-order valence-corrected chi connectivity index (χ1v) is 4.63. The SMILES string of the molecule is Cc1ccc([N+](=O)[O-])c(NC(C)C)c1F. The highest BCUT2D eigenvalue weighted by atomic mass is 19.1. The van der Waals surface area contributed by atoms with Crippen LogP contribution in [0.5, 0.6) is 0 Å². The van der Waals surface area contributed by atoms with Gasteiger partial charge in [-0.3, -0.25) is 10.1 Å². The Morgan fingerprint density at radius 1 is 1.47 bits per heavy atom. The Hall–Kier alpha value is -1.65. The van der Waals surface area contributed by atoms with Gasteiger partial charge in [-0.25, -0.2) is 4.39 Å². The van der Waals surface area contributed by atoms with Crippen LogP contribution in [0, 0.1) is 22.9 Å². The predicted molar refractivity (Wildman–Crippen MR) is 56.6 cm³/mol. The molecule has 0 aliphatic heterocycles. The summed E-state index contributed by atoms with van der Waals surface area (Å²) in [5.74, 6) is -0.557. The van der Waals surface area contributed by atoms with Crippen LogP contribution in [-0.4, -0.2) is 11.0 Å². The quantitative estimate of drug-likeness (QED) is 0.619. The first-order chi connectivity index (χ1) is 6.93. The molecular weight excluding hydrogens is 199 g/mol. The maximum absolute atomic E-state index is 13.6. The number of nitro benzene ring substituents is 1. The van der Waals surface area contributed by atoms with Crippen LogP contribution in [0.1, 0.15) is 19.4 Å². The van der Waals surface area contributed by atoms with E-state index in [1.165, 1.54) is 12.1 Å². The summed E-state index contributed by atoms with van der Waals surface area (Å²) in [6.07, 6.45) is 0. The third-order valence-electron chi connectivity index (χ3n) is 1.94. The van der Waals surface area contributed by atoms with Crippen molar-refractivity contribution in [3.63, 3.8) is 0 Å². The molecule has 0 heterocycles. The van der Waals surface area contributed by atoms with Crippen LogP contribution in [0.2, 0.25) is 0 Å². The van der Waals surface area contributed by atoms with Crippen molar-refractivity contribution in [3.8, 4) is 0 Å². The summed E-state index contributed by atoms with van der Waals surface area (Å²) in [6.45, 7) is 5.17. The largest absolute Gasteiger partial charge is 0.375 e. The molecule has 15 heavy (non-hydrogen) atoms. The summed E-state index contributed by atoms with van der Waals surface area (Å²) in [4.78, 5) is 10.1. The predicted octanol–water partition coefficient (Wildman–Crippen LogP) is 2.86. The highest BCUT2D eigenvalue weighted by Gasteiger charge is 2.19. The van der Waals surface area contributed by atoms with Crippen LogP contribution in [0.3, 0.4) is 0 Å². The van der Waals surface area contributed by atoms with Crippen LogP contribution in [0.4, 0.5) is 15.8 Å². The monoisotopic (exact) mass is 212 g/mol. The van der Waals surface area contributed by atoms with E-state index in [4.69, 9.17) is 0 Å². The van der Waals surface area contributed by atoms with Gasteiger partial charge < -0.3 is 5.32 Å². The molecule has 1 aromatic rings. The van der Waals surface area contributed by atoms with Gasteiger partial charge in [0.05, 0.1) is 4.92 Å². The molecule has 1 rings (SSSR count). The number of halogens is 1. The van der Waals surface area contributed by atoms with Gasteiger partial charge >= 0.3 is 0 Å². The Kier molecular flexibility index (Phi) is 3.24. The number of anilines is 1. The van der Waals surface area contributed by atoms with E-state index in [2.05, 4.69) is 5.32 Å². The van der Waals surface area contributed by atoms with E-state index in [1.54, 1.807) is 20.8 Å². The number of nitrogens with one attached hydrogen (secondary N) is 1. The maximum Gasteiger partial charge on any atom is 0.295 e.